The second kappa shape index (κ2) is 6.52. The number of hydrogen-bond acceptors (Lipinski definition) is 3. The van der Waals surface area contributed by atoms with Gasteiger partial charge in [-0.1, -0.05) is 33.6 Å². The number of benzene rings is 2. The summed E-state index contributed by atoms with van der Waals surface area (Å²) in [5, 5.41) is 9.57. The SMILES string of the molecule is Nc1ccc(Cl)c(SCc2ccc(C(=O)O)cc2Br)c1. The fourth-order valence-electron chi connectivity index (χ4n) is 1.58. The first-order chi connectivity index (χ1) is 9.47. The monoisotopic (exact) mass is 371 g/mol. The van der Waals surface area contributed by atoms with Crippen molar-refractivity contribution in [2.24, 2.45) is 0 Å². The fraction of sp³-hybridized carbons (Fsp3) is 0.0714. The molecule has 104 valence electrons. The molecule has 0 spiro atoms. The second-order valence-corrected chi connectivity index (χ2v) is 6.37. The highest BCUT2D eigenvalue weighted by Crippen LogP contribution is 2.33. The van der Waals surface area contributed by atoms with Crippen molar-refractivity contribution >= 4 is 50.9 Å². The van der Waals surface area contributed by atoms with E-state index in [4.69, 9.17) is 22.4 Å². The Morgan fingerprint density at radius 1 is 1.30 bits per heavy atom. The molecule has 2 aromatic carbocycles. The fourth-order valence-corrected chi connectivity index (χ4v) is 3.56. The molecule has 2 rings (SSSR count). The van der Waals surface area contributed by atoms with Crippen molar-refractivity contribution in [2.75, 3.05) is 5.73 Å². The molecule has 0 fully saturated rings. The molecule has 0 radical (unpaired) electrons. The molecule has 6 heteroatoms. The summed E-state index contributed by atoms with van der Waals surface area (Å²) in [4.78, 5) is 11.8. The van der Waals surface area contributed by atoms with Crippen LogP contribution in [-0.4, -0.2) is 11.1 Å². The van der Waals surface area contributed by atoms with Crippen LogP contribution in [0.15, 0.2) is 45.8 Å². The lowest BCUT2D eigenvalue weighted by atomic mass is 10.1. The molecule has 0 aliphatic carbocycles. The van der Waals surface area contributed by atoms with Crippen LogP contribution in [0.2, 0.25) is 5.02 Å². The van der Waals surface area contributed by atoms with Crippen LogP contribution in [0.3, 0.4) is 0 Å². The van der Waals surface area contributed by atoms with E-state index in [1.165, 1.54) is 0 Å². The van der Waals surface area contributed by atoms with E-state index in [1.54, 1.807) is 42.1 Å². The zero-order valence-electron chi connectivity index (χ0n) is 10.3. The van der Waals surface area contributed by atoms with E-state index in [1.807, 2.05) is 6.07 Å². The van der Waals surface area contributed by atoms with Crippen molar-refractivity contribution in [1.29, 1.82) is 0 Å². The molecule has 0 aromatic heterocycles. The summed E-state index contributed by atoms with van der Waals surface area (Å²) in [6.45, 7) is 0. The van der Waals surface area contributed by atoms with Gasteiger partial charge in [0.05, 0.1) is 10.6 Å². The molecule has 0 atom stereocenters. The van der Waals surface area contributed by atoms with Crippen LogP contribution in [0.25, 0.3) is 0 Å². The zero-order valence-corrected chi connectivity index (χ0v) is 13.4. The van der Waals surface area contributed by atoms with Gasteiger partial charge in [-0.3, -0.25) is 0 Å². The van der Waals surface area contributed by atoms with Gasteiger partial charge in [0.25, 0.3) is 0 Å². The molecular weight excluding hydrogens is 362 g/mol. The Morgan fingerprint density at radius 2 is 2.05 bits per heavy atom. The molecule has 0 saturated carbocycles. The summed E-state index contributed by atoms with van der Waals surface area (Å²) in [5.74, 6) is -0.271. The predicted octanol–water partition coefficient (Wildman–Crippen LogP) is 4.68. The Bertz CT molecular complexity index is 664. The lowest BCUT2D eigenvalue weighted by Crippen LogP contribution is -1.97. The maximum atomic E-state index is 10.9. The summed E-state index contributed by atoms with van der Waals surface area (Å²) < 4.78 is 0.768. The van der Waals surface area contributed by atoms with E-state index >= 15 is 0 Å². The Kier molecular flexibility index (Phi) is 4.96. The average molecular weight is 373 g/mol. The Morgan fingerprint density at radius 3 is 2.70 bits per heavy atom. The number of hydrogen-bond donors (Lipinski definition) is 2. The molecule has 0 unspecified atom stereocenters. The van der Waals surface area contributed by atoms with Gasteiger partial charge in [-0.2, -0.15) is 0 Å². The lowest BCUT2D eigenvalue weighted by Gasteiger charge is -2.08. The van der Waals surface area contributed by atoms with Gasteiger partial charge in [-0.15, -0.1) is 11.8 Å². The highest BCUT2D eigenvalue weighted by Gasteiger charge is 2.08. The van der Waals surface area contributed by atoms with Crippen LogP contribution >= 0.6 is 39.3 Å². The number of anilines is 1. The largest absolute Gasteiger partial charge is 0.478 e. The Labute approximate surface area is 134 Å². The van der Waals surface area contributed by atoms with Crippen LogP contribution in [-0.2, 0) is 5.75 Å². The van der Waals surface area contributed by atoms with Crippen LogP contribution < -0.4 is 5.73 Å². The minimum Gasteiger partial charge on any atom is -0.478 e. The van der Waals surface area contributed by atoms with Crippen LogP contribution in [0.1, 0.15) is 15.9 Å². The lowest BCUT2D eigenvalue weighted by molar-refractivity contribution is 0.0697. The van der Waals surface area contributed by atoms with Crippen molar-refractivity contribution in [3.63, 3.8) is 0 Å². The molecule has 0 saturated heterocycles. The topological polar surface area (TPSA) is 63.3 Å². The second-order valence-electron chi connectivity index (χ2n) is 4.09. The van der Waals surface area contributed by atoms with Gasteiger partial charge in [0, 0.05) is 20.8 Å². The van der Waals surface area contributed by atoms with E-state index < -0.39 is 5.97 Å². The van der Waals surface area contributed by atoms with E-state index in [-0.39, 0.29) is 5.56 Å². The van der Waals surface area contributed by atoms with Gasteiger partial charge in [0.2, 0.25) is 0 Å². The van der Waals surface area contributed by atoms with E-state index in [0.29, 0.717) is 16.5 Å². The highest BCUT2D eigenvalue weighted by molar-refractivity contribution is 9.10. The van der Waals surface area contributed by atoms with E-state index in [9.17, 15) is 4.79 Å². The maximum Gasteiger partial charge on any atom is 0.335 e. The number of halogens is 2. The minimum atomic E-state index is -0.941. The average Bonchev–Trinajstić information content (AvgIpc) is 2.40. The molecule has 0 aliphatic heterocycles. The number of carboxylic acids is 1. The molecule has 0 heterocycles. The summed E-state index contributed by atoms with van der Waals surface area (Å²) in [6.07, 6.45) is 0. The first kappa shape index (κ1) is 15.2. The first-order valence-electron chi connectivity index (χ1n) is 5.67. The molecule has 3 N–H and O–H groups in total. The van der Waals surface area contributed by atoms with Gasteiger partial charge < -0.3 is 10.8 Å². The van der Waals surface area contributed by atoms with Gasteiger partial charge in [0.15, 0.2) is 0 Å². The van der Waals surface area contributed by atoms with Crippen LogP contribution in [0.5, 0.6) is 0 Å². The molecule has 0 aliphatic rings. The predicted molar refractivity (Wildman–Crippen MR) is 86.5 cm³/mol. The van der Waals surface area contributed by atoms with Crippen molar-refractivity contribution < 1.29 is 9.90 Å². The molecule has 0 bridgehead atoms. The number of carboxylic acid groups (broad SMARTS) is 1. The highest BCUT2D eigenvalue weighted by atomic mass is 79.9. The summed E-state index contributed by atoms with van der Waals surface area (Å²) in [7, 11) is 0. The van der Waals surface area contributed by atoms with E-state index in [0.717, 1.165) is 14.9 Å². The third-order valence-electron chi connectivity index (χ3n) is 2.64. The number of thioether (sulfide) groups is 1. The van der Waals surface area contributed by atoms with Gasteiger partial charge in [0.1, 0.15) is 0 Å². The number of nitrogen functional groups attached to an aromatic ring is 1. The number of carbonyl (C=O) groups is 1. The van der Waals surface area contributed by atoms with Gasteiger partial charge >= 0.3 is 5.97 Å². The van der Waals surface area contributed by atoms with Crippen molar-refractivity contribution in [2.45, 2.75) is 10.6 Å². The number of nitrogens with two attached hydrogens (primary N) is 1. The molecule has 20 heavy (non-hydrogen) atoms. The van der Waals surface area contributed by atoms with Gasteiger partial charge in [-0.05, 0) is 35.9 Å². The molecule has 2 aromatic rings. The normalized spacial score (nSPS) is 10.5. The molecule has 3 nitrogen and oxygen atoms in total. The Balaban J connectivity index is 2.15. The summed E-state index contributed by atoms with van der Waals surface area (Å²) in [6, 6.07) is 10.3. The number of rotatable bonds is 4. The zero-order chi connectivity index (χ0) is 14.7. The maximum absolute atomic E-state index is 10.9. The molecular formula is C14H11BrClNO2S. The third kappa shape index (κ3) is 3.69. The molecule has 0 amide bonds. The van der Waals surface area contributed by atoms with Crippen molar-refractivity contribution in [3.8, 4) is 0 Å². The summed E-state index contributed by atoms with van der Waals surface area (Å²) >= 11 is 11.0. The first-order valence-corrected chi connectivity index (χ1v) is 7.82. The standard InChI is InChI=1S/C14H11BrClNO2S/c15-11-5-8(14(18)19)1-2-9(11)7-20-13-6-10(17)3-4-12(13)16/h1-6H,7,17H2,(H,18,19). The van der Waals surface area contributed by atoms with Gasteiger partial charge in [-0.25, -0.2) is 4.79 Å². The van der Waals surface area contributed by atoms with Crippen LogP contribution in [0, 0.1) is 0 Å². The Hall–Kier alpha value is -1.17. The smallest absolute Gasteiger partial charge is 0.335 e. The van der Waals surface area contributed by atoms with E-state index in [2.05, 4.69) is 15.9 Å². The quantitative estimate of drug-likeness (QED) is 0.604. The summed E-state index contributed by atoms with van der Waals surface area (Å²) in [5.41, 5.74) is 7.65. The van der Waals surface area contributed by atoms with Crippen molar-refractivity contribution in [3.05, 3.63) is 57.0 Å². The van der Waals surface area contributed by atoms with Crippen molar-refractivity contribution in [1.82, 2.24) is 0 Å². The van der Waals surface area contributed by atoms with Crippen LogP contribution in [0.4, 0.5) is 5.69 Å². The third-order valence-corrected chi connectivity index (χ3v) is 4.92. The number of aromatic carboxylic acids is 1. The minimum absolute atomic E-state index is 0.257.